The van der Waals surface area contributed by atoms with Crippen LogP contribution in [-0.4, -0.2) is 29.9 Å². The maximum atomic E-state index is 13.4. The number of hydrogen-bond donors (Lipinski definition) is 2. The maximum absolute atomic E-state index is 13.4. The van der Waals surface area contributed by atoms with E-state index in [2.05, 4.69) is 5.32 Å². The number of carbonyl (C=O) groups excluding carboxylic acids is 1. The third-order valence-corrected chi connectivity index (χ3v) is 3.33. The second kappa shape index (κ2) is 8.17. The molecule has 2 N–H and O–H groups in total. The molecule has 1 amide bonds. The molecule has 1 rings (SSSR count). The Morgan fingerprint density at radius 3 is 2.89 bits per heavy atom. The fourth-order valence-corrected chi connectivity index (χ4v) is 2.26. The zero-order valence-corrected chi connectivity index (χ0v) is 12.1. The summed E-state index contributed by atoms with van der Waals surface area (Å²) in [6.07, 6.45) is 2.88. The van der Waals surface area contributed by atoms with Crippen LogP contribution in [0.2, 0.25) is 0 Å². The third-order valence-electron chi connectivity index (χ3n) is 2.73. The van der Waals surface area contributed by atoms with Gasteiger partial charge in [0.15, 0.2) is 0 Å². The van der Waals surface area contributed by atoms with Gasteiger partial charge < -0.3 is 10.4 Å². The molecule has 0 saturated heterocycles. The van der Waals surface area contributed by atoms with Gasteiger partial charge in [-0.3, -0.25) is 4.79 Å². The van der Waals surface area contributed by atoms with E-state index in [9.17, 15) is 14.3 Å². The highest BCUT2D eigenvalue weighted by atomic mass is 32.2. The molecule has 0 saturated carbocycles. The molecule has 0 radical (unpaired) electrons. The average Bonchev–Trinajstić information content (AvgIpc) is 2.39. The molecule has 0 aliphatic rings. The second-order valence-corrected chi connectivity index (χ2v) is 5.26. The normalized spacial score (nSPS) is 12.2. The van der Waals surface area contributed by atoms with Crippen LogP contribution in [0.25, 0.3) is 0 Å². The van der Waals surface area contributed by atoms with Gasteiger partial charge in [-0.15, -0.1) is 0 Å². The van der Waals surface area contributed by atoms with Crippen LogP contribution in [0.1, 0.15) is 35.7 Å². The lowest BCUT2D eigenvalue weighted by Crippen LogP contribution is -2.32. The first-order chi connectivity index (χ1) is 9.08. The number of nitrogens with one attached hydrogen (secondary N) is 1. The molecule has 106 valence electrons. The number of aliphatic hydroxyl groups is 1. The molecular formula is C14H20FNO2S. The number of benzene rings is 1. The Labute approximate surface area is 117 Å². The van der Waals surface area contributed by atoms with E-state index in [4.69, 9.17) is 0 Å². The molecule has 0 spiro atoms. The highest BCUT2D eigenvalue weighted by Crippen LogP contribution is 2.15. The van der Waals surface area contributed by atoms with Gasteiger partial charge in [0.2, 0.25) is 0 Å². The average molecular weight is 285 g/mol. The number of rotatable bonds is 7. The Morgan fingerprint density at radius 1 is 1.53 bits per heavy atom. The van der Waals surface area contributed by atoms with Crippen molar-refractivity contribution in [2.24, 2.45) is 0 Å². The highest BCUT2D eigenvalue weighted by Gasteiger charge is 2.11. The minimum atomic E-state index is -0.528. The lowest BCUT2D eigenvalue weighted by molar-refractivity contribution is 0.0910. The predicted octanol–water partition coefficient (Wildman–Crippen LogP) is 2.58. The molecule has 0 aromatic heterocycles. The van der Waals surface area contributed by atoms with Gasteiger partial charge in [0, 0.05) is 17.9 Å². The van der Waals surface area contributed by atoms with Crippen LogP contribution in [0.4, 0.5) is 4.39 Å². The van der Waals surface area contributed by atoms with Crippen LogP contribution in [-0.2, 0) is 5.75 Å². The maximum Gasteiger partial charge on any atom is 0.251 e. The van der Waals surface area contributed by atoms with Gasteiger partial charge in [-0.25, -0.2) is 4.39 Å². The molecular weight excluding hydrogens is 265 g/mol. The monoisotopic (exact) mass is 285 g/mol. The lowest BCUT2D eigenvalue weighted by atomic mass is 10.1. The van der Waals surface area contributed by atoms with Crippen molar-refractivity contribution in [3.63, 3.8) is 0 Å². The number of hydrogen-bond acceptors (Lipinski definition) is 3. The Hall–Kier alpha value is -1.07. The molecule has 1 aromatic carbocycles. The summed E-state index contributed by atoms with van der Waals surface area (Å²) in [4.78, 5) is 11.9. The van der Waals surface area contributed by atoms with Crippen LogP contribution in [0.5, 0.6) is 0 Å². The molecule has 1 atom stereocenters. The van der Waals surface area contributed by atoms with E-state index < -0.39 is 6.10 Å². The smallest absolute Gasteiger partial charge is 0.251 e. The Kier molecular flexibility index (Phi) is 6.87. The van der Waals surface area contributed by atoms with Crippen molar-refractivity contribution in [1.29, 1.82) is 0 Å². The molecule has 1 aromatic rings. The van der Waals surface area contributed by atoms with Crippen molar-refractivity contribution in [2.75, 3.05) is 12.8 Å². The van der Waals surface area contributed by atoms with Gasteiger partial charge in [0.1, 0.15) is 5.82 Å². The zero-order chi connectivity index (χ0) is 14.3. The van der Waals surface area contributed by atoms with Crippen molar-refractivity contribution >= 4 is 17.7 Å². The van der Waals surface area contributed by atoms with Crippen molar-refractivity contribution < 1.29 is 14.3 Å². The third kappa shape index (κ3) is 5.20. The molecule has 0 bridgehead atoms. The number of halogens is 1. The first-order valence-corrected chi connectivity index (χ1v) is 7.71. The molecule has 5 heteroatoms. The van der Waals surface area contributed by atoms with Crippen LogP contribution in [0, 0.1) is 5.82 Å². The SMILES string of the molecule is CCCC(O)CNC(=O)c1ccc(F)c(CSC)c1. The van der Waals surface area contributed by atoms with Crippen molar-refractivity contribution in [3.8, 4) is 0 Å². The number of amides is 1. The molecule has 0 aliphatic carbocycles. The number of aliphatic hydroxyl groups excluding tert-OH is 1. The van der Waals surface area contributed by atoms with Crippen molar-refractivity contribution in [1.82, 2.24) is 5.32 Å². The lowest BCUT2D eigenvalue weighted by Gasteiger charge is -2.11. The summed E-state index contributed by atoms with van der Waals surface area (Å²) in [6.45, 7) is 2.20. The van der Waals surface area contributed by atoms with E-state index >= 15 is 0 Å². The summed E-state index contributed by atoms with van der Waals surface area (Å²) < 4.78 is 13.4. The largest absolute Gasteiger partial charge is 0.391 e. The molecule has 19 heavy (non-hydrogen) atoms. The first kappa shape index (κ1) is 16.0. The summed E-state index contributed by atoms with van der Waals surface area (Å²) in [5, 5.41) is 12.2. The van der Waals surface area contributed by atoms with Gasteiger partial charge >= 0.3 is 0 Å². The summed E-state index contributed by atoms with van der Waals surface area (Å²) >= 11 is 1.50. The molecule has 0 fully saturated rings. The van der Waals surface area contributed by atoms with E-state index in [-0.39, 0.29) is 18.3 Å². The minimum Gasteiger partial charge on any atom is -0.391 e. The van der Waals surface area contributed by atoms with Crippen molar-refractivity contribution in [2.45, 2.75) is 31.6 Å². The second-order valence-electron chi connectivity index (χ2n) is 4.39. The Morgan fingerprint density at radius 2 is 2.26 bits per heavy atom. The summed E-state index contributed by atoms with van der Waals surface area (Å²) in [6, 6.07) is 4.33. The molecule has 1 unspecified atom stereocenters. The van der Waals surface area contributed by atoms with Crippen LogP contribution in [0.15, 0.2) is 18.2 Å². The standard InChI is InChI=1S/C14H20FNO2S/c1-3-4-12(17)8-16-14(18)10-5-6-13(15)11(7-10)9-19-2/h5-7,12,17H,3-4,8-9H2,1-2H3,(H,16,18). The van der Waals surface area contributed by atoms with E-state index in [1.54, 1.807) is 6.07 Å². The van der Waals surface area contributed by atoms with Gasteiger partial charge in [-0.05, 0) is 36.4 Å². The van der Waals surface area contributed by atoms with Crippen molar-refractivity contribution in [3.05, 3.63) is 35.1 Å². The Bertz CT molecular complexity index is 426. The van der Waals surface area contributed by atoms with Gasteiger partial charge in [0.25, 0.3) is 5.91 Å². The number of carbonyl (C=O) groups is 1. The highest BCUT2D eigenvalue weighted by molar-refractivity contribution is 7.97. The van der Waals surface area contributed by atoms with Gasteiger partial charge in [-0.1, -0.05) is 13.3 Å². The van der Waals surface area contributed by atoms with Crippen LogP contribution < -0.4 is 5.32 Å². The van der Waals surface area contributed by atoms with E-state index in [1.165, 1.54) is 23.9 Å². The molecule has 0 aliphatic heterocycles. The van der Waals surface area contributed by atoms with Crippen LogP contribution in [0.3, 0.4) is 0 Å². The molecule has 3 nitrogen and oxygen atoms in total. The fourth-order valence-electron chi connectivity index (χ4n) is 1.73. The summed E-state index contributed by atoms with van der Waals surface area (Å²) in [5.74, 6) is -0.0415. The van der Waals surface area contributed by atoms with E-state index in [0.717, 1.165) is 6.42 Å². The van der Waals surface area contributed by atoms with Gasteiger partial charge in [-0.2, -0.15) is 11.8 Å². The van der Waals surface area contributed by atoms with Gasteiger partial charge in [0.05, 0.1) is 6.10 Å². The van der Waals surface area contributed by atoms with E-state index in [1.807, 2.05) is 13.2 Å². The zero-order valence-electron chi connectivity index (χ0n) is 11.3. The molecule has 0 heterocycles. The predicted molar refractivity (Wildman–Crippen MR) is 76.9 cm³/mol. The minimum absolute atomic E-state index is 0.224. The quantitative estimate of drug-likeness (QED) is 0.809. The Balaban J connectivity index is 2.64. The van der Waals surface area contributed by atoms with Crippen LogP contribution >= 0.6 is 11.8 Å². The van der Waals surface area contributed by atoms with E-state index in [0.29, 0.717) is 23.3 Å². The number of thioether (sulfide) groups is 1. The topological polar surface area (TPSA) is 49.3 Å². The summed E-state index contributed by atoms with van der Waals surface area (Å²) in [5.41, 5.74) is 0.948. The fraction of sp³-hybridized carbons (Fsp3) is 0.500. The summed E-state index contributed by atoms with van der Waals surface area (Å²) in [7, 11) is 0. The first-order valence-electron chi connectivity index (χ1n) is 6.32.